The average molecular weight is 278 g/mol. The van der Waals surface area contributed by atoms with E-state index in [2.05, 4.69) is 24.8 Å². The van der Waals surface area contributed by atoms with Gasteiger partial charge >= 0.3 is 0 Å². The molecule has 100 valence electrons. The summed E-state index contributed by atoms with van der Waals surface area (Å²) >= 11 is 5.88. The molecule has 1 fully saturated rings. The third kappa shape index (κ3) is 3.04. The van der Waals surface area contributed by atoms with Crippen LogP contribution in [0.2, 0.25) is 5.15 Å². The van der Waals surface area contributed by atoms with Crippen molar-refractivity contribution in [1.82, 2.24) is 19.9 Å². The zero-order chi connectivity index (χ0) is 13.1. The highest BCUT2D eigenvalue weighted by Gasteiger charge is 2.21. The Morgan fingerprint density at radius 1 is 1.21 bits per heavy atom. The second-order valence-electron chi connectivity index (χ2n) is 4.91. The number of rotatable bonds is 3. The minimum absolute atomic E-state index is 0.456. The molecule has 5 nitrogen and oxygen atoms in total. The van der Waals surface area contributed by atoms with E-state index in [1.165, 1.54) is 5.69 Å². The van der Waals surface area contributed by atoms with Crippen molar-refractivity contribution in [2.45, 2.75) is 19.3 Å². The second-order valence-corrected chi connectivity index (χ2v) is 5.30. The van der Waals surface area contributed by atoms with E-state index < -0.39 is 0 Å². The van der Waals surface area contributed by atoms with E-state index >= 15 is 0 Å². The van der Waals surface area contributed by atoms with Crippen molar-refractivity contribution in [3.05, 3.63) is 35.8 Å². The van der Waals surface area contributed by atoms with E-state index in [-0.39, 0.29) is 0 Å². The lowest BCUT2D eigenvalue weighted by atomic mass is 9.92. The normalized spacial score (nSPS) is 16.8. The Kier molecular flexibility index (Phi) is 3.64. The van der Waals surface area contributed by atoms with Crippen LogP contribution in [0.4, 0.5) is 5.82 Å². The molecule has 0 bridgehead atoms. The number of piperidine rings is 1. The third-order valence-corrected chi connectivity index (χ3v) is 3.78. The molecule has 0 unspecified atom stereocenters. The summed E-state index contributed by atoms with van der Waals surface area (Å²) in [5.41, 5.74) is 1.22. The number of anilines is 1. The van der Waals surface area contributed by atoms with Crippen LogP contribution >= 0.6 is 11.6 Å². The van der Waals surface area contributed by atoms with E-state index in [1.807, 2.05) is 6.20 Å². The first-order valence-electron chi connectivity index (χ1n) is 6.51. The van der Waals surface area contributed by atoms with Gasteiger partial charge in [-0.1, -0.05) is 11.6 Å². The van der Waals surface area contributed by atoms with Gasteiger partial charge in [0.25, 0.3) is 0 Å². The van der Waals surface area contributed by atoms with E-state index in [4.69, 9.17) is 11.6 Å². The highest BCUT2D eigenvalue weighted by molar-refractivity contribution is 6.29. The smallest absolute Gasteiger partial charge is 0.149 e. The molecule has 1 aliphatic heterocycles. The summed E-state index contributed by atoms with van der Waals surface area (Å²) in [7, 11) is 0. The van der Waals surface area contributed by atoms with Gasteiger partial charge in [0.15, 0.2) is 0 Å². The Hall–Kier alpha value is -1.62. The molecule has 0 spiro atoms. The van der Waals surface area contributed by atoms with Gasteiger partial charge in [-0.15, -0.1) is 0 Å². The predicted molar refractivity (Wildman–Crippen MR) is 74.3 cm³/mol. The number of halogens is 1. The number of nitrogens with zero attached hydrogens (tertiary/aromatic N) is 4. The minimum atomic E-state index is 0.456. The fourth-order valence-electron chi connectivity index (χ4n) is 2.56. The van der Waals surface area contributed by atoms with Gasteiger partial charge in [-0.05, 0) is 25.2 Å². The van der Waals surface area contributed by atoms with Crippen molar-refractivity contribution in [3.8, 4) is 0 Å². The van der Waals surface area contributed by atoms with Crippen LogP contribution < -0.4 is 4.90 Å². The summed E-state index contributed by atoms with van der Waals surface area (Å²) in [6.45, 7) is 2.02. The third-order valence-electron chi connectivity index (χ3n) is 3.59. The zero-order valence-electron chi connectivity index (χ0n) is 10.6. The minimum Gasteiger partial charge on any atom is -0.355 e. The predicted octanol–water partition coefficient (Wildman–Crippen LogP) is 2.31. The topological polar surface area (TPSA) is 57.7 Å². The van der Waals surface area contributed by atoms with Gasteiger partial charge < -0.3 is 9.88 Å². The summed E-state index contributed by atoms with van der Waals surface area (Å²) in [5.74, 6) is 1.59. The fraction of sp³-hybridized carbons (Fsp3) is 0.462. The molecule has 6 heteroatoms. The number of nitrogens with one attached hydrogen (secondary N) is 1. The van der Waals surface area contributed by atoms with E-state index in [9.17, 15) is 0 Å². The summed E-state index contributed by atoms with van der Waals surface area (Å²) in [6, 6.07) is 0. The van der Waals surface area contributed by atoms with Crippen molar-refractivity contribution in [1.29, 1.82) is 0 Å². The molecular weight excluding hydrogens is 262 g/mol. The number of aromatic nitrogens is 4. The highest BCUT2D eigenvalue weighted by atomic mass is 35.5. The number of hydrogen-bond acceptors (Lipinski definition) is 4. The standard InChI is InChI=1S/C13H16ClN5/c14-12-7-15-8-13(18-12)19-3-1-10(2-4-19)5-11-6-16-9-17-11/h6-10H,1-5H2,(H,16,17). The molecule has 0 radical (unpaired) electrons. The molecule has 0 atom stereocenters. The molecule has 2 aromatic heterocycles. The number of aromatic amines is 1. The van der Waals surface area contributed by atoms with Crippen molar-refractivity contribution < 1.29 is 0 Å². The first-order valence-corrected chi connectivity index (χ1v) is 6.89. The van der Waals surface area contributed by atoms with E-state index in [0.717, 1.165) is 38.2 Å². The first-order chi connectivity index (χ1) is 9.31. The molecule has 0 aromatic carbocycles. The van der Waals surface area contributed by atoms with Crippen LogP contribution in [0.5, 0.6) is 0 Å². The molecule has 0 saturated carbocycles. The van der Waals surface area contributed by atoms with Crippen LogP contribution in [0, 0.1) is 5.92 Å². The van der Waals surface area contributed by atoms with E-state index in [0.29, 0.717) is 11.1 Å². The Bertz CT molecular complexity index is 520. The van der Waals surface area contributed by atoms with Gasteiger partial charge in [0.05, 0.1) is 18.7 Å². The monoisotopic (exact) mass is 277 g/mol. The Morgan fingerprint density at radius 2 is 2.05 bits per heavy atom. The molecule has 1 aliphatic rings. The summed E-state index contributed by atoms with van der Waals surface area (Å²) in [4.78, 5) is 17.9. The van der Waals surface area contributed by atoms with Gasteiger partial charge in [-0.25, -0.2) is 9.97 Å². The van der Waals surface area contributed by atoms with Crippen LogP contribution in [0.15, 0.2) is 24.9 Å². The maximum absolute atomic E-state index is 5.88. The molecular formula is C13H16ClN5. The maximum atomic E-state index is 5.88. The van der Waals surface area contributed by atoms with Gasteiger partial charge in [0.2, 0.25) is 0 Å². The van der Waals surface area contributed by atoms with Gasteiger partial charge in [0.1, 0.15) is 11.0 Å². The lowest BCUT2D eigenvalue weighted by Crippen LogP contribution is -2.35. The Labute approximate surface area is 117 Å². The van der Waals surface area contributed by atoms with Gasteiger partial charge in [-0.3, -0.25) is 4.98 Å². The Balaban J connectivity index is 1.57. The van der Waals surface area contributed by atoms with Gasteiger partial charge in [-0.2, -0.15) is 0 Å². The molecule has 0 aliphatic carbocycles. The van der Waals surface area contributed by atoms with Crippen LogP contribution in [-0.4, -0.2) is 33.0 Å². The molecule has 3 rings (SSSR count). The van der Waals surface area contributed by atoms with E-state index in [1.54, 1.807) is 18.7 Å². The second kappa shape index (κ2) is 5.57. The Morgan fingerprint density at radius 3 is 2.74 bits per heavy atom. The van der Waals surface area contributed by atoms with Crippen molar-refractivity contribution >= 4 is 17.4 Å². The maximum Gasteiger partial charge on any atom is 0.149 e. The van der Waals surface area contributed by atoms with Crippen LogP contribution in [-0.2, 0) is 6.42 Å². The molecule has 1 N–H and O–H groups in total. The lowest BCUT2D eigenvalue weighted by Gasteiger charge is -2.32. The lowest BCUT2D eigenvalue weighted by molar-refractivity contribution is 0.399. The highest BCUT2D eigenvalue weighted by Crippen LogP contribution is 2.24. The van der Waals surface area contributed by atoms with Crippen molar-refractivity contribution in [2.75, 3.05) is 18.0 Å². The van der Waals surface area contributed by atoms with Gasteiger partial charge in [0, 0.05) is 25.0 Å². The summed E-state index contributed by atoms with van der Waals surface area (Å²) in [5, 5.41) is 0.456. The van der Waals surface area contributed by atoms with Crippen LogP contribution in [0.1, 0.15) is 18.5 Å². The fourth-order valence-corrected chi connectivity index (χ4v) is 2.70. The summed E-state index contributed by atoms with van der Waals surface area (Å²) in [6.07, 6.45) is 10.4. The SMILES string of the molecule is Clc1cncc(N2CCC(Cc3cnc[nH]3)CC2)n1. The molecule has 0 amide bonds. The number of imidazole rings is 1. The van der Waals surface area contributed by atoms with Crippen molar-refractivity contribution in [3.63, 3.8) is 0 Å². The van der Waals surface area contributed by atoms with Crippen LogP contribution in [0.3, 0.4) is 0 Å². The molecule has 1 saturated heterocycles. The summed E-state index contributed by atoms with van der Waals surface area (Å²) < 4.78 is 0. The number of hydrogen-bond donors (Lipinski definition) is 1. The van der Waals surface area contributed by atoms with Crippen molar-refractivity contribution in [2.24, 2.45) is 5.92 Å². The first kappa shape index (κ1) is 12.4. The average Bonchev–Trinajstić information content (AvgIpc) is 2.92. The quantitative estimate of drug-likeness (QED) is 0.935. The molecule has 19 heavy (non-hydrogen) atoms. The zero-order valence-corrected chi connectivity index (χ0v) is 11.3. The largest absolute Gasteiger partial charge is 0.355 e. The number of H-pyrrole nitrogens is 1. The molecule has 3 heterocycles. The molecule has 2 aromatic rings. The van der Waals surface area contributed by atoms with Crippen LogP contribution in [0.25, 0.3) is 0 Å².